The normalized spacial score (nSPS) is 19.3. The van der Waals surface area contributed by atoms with Gasteiger partial charge in [-0.05, 0) is 12.8 Å². The van der Waals surface area contributed by atoms with Crippen molar-refractivity contribution < 1.29 is 9.90 Å². The summed E-state index contributed by atoms with van der Waals surface area (Å²) in [6.45, 7) is 2.55. The van der Waals surface area contributed by atoms with Crippen molar-refractivity contribution in [3.05, 3.63) is 0 Å². The Kier molecular flexibility index (Phi) is 5.27. The molecule has 1 rings (SSSR count). The third-order valence-electron chi connectivity index (χ3n) is 3.29. The molecule has 0 aromatic heterocycles. The Labute approximate surface area is 96.9 Å². The molecule has 0 radical (unpaired) electrons. The van der Waals surface area contributed by atoms with Crippen molar-refractivity contribution in [1.82, 2.24) is 4.90 Å². The number of hydrogen-bond donors (Lipinski definition) is 1. The minimum absolute atomic E-state index is 0.349. The van der Waals surface area contributed by atoms with Crippen LogP contribution in [0.5, 0.6) is 0 Å². The predicted molar refractivity (Wildman–Crippen MR) is 60.9 cm³/mol. The van der Waals surface area contributed by atoms with E-state index in [1.807, 2.05) is 4.90 Å². The lowest BCUT2D eigenvalue weighted by molar-refractivity contribution is -0.141. The molecule has 4 nitrogen and oxygen atoms in total. The van der Waals surface area contributed by atoms with Gasteiger partial charge in [-0.2, -0.15) is 5.26 Å². The maximum absolute atomic E-state index is 10.8. The quantitative estimate of drug-likeness (QED) is 0.724. The summed E-state index contributed by atoms with van der Waals surface area (Å²) in [5, 5.41) is 17.7. The van der Waals surface area contributed by atoms with Gasteiger partial charge in [-0.3, -0.25) is 9.69 Å². The highest BCUT2D eigenvalue weighted by atomic mass is 16.4. The molecule has 1 unspecified atom stereocenters. The van der Waals surface area contributed by atoms with Gasteiger partial charge in [0.2, 0.25) is 0 Å². The number of rotatable bonds is 5. The van der Waals surface area contributed by atoms with Gasteiger partial charge in [-0.15, -0.1) is 0 Å². The van der Waals surface area contributed by atoms with Gasteiger partial charge in [-0.25, -0.2) is 0 Å². The largest absolute Gasteiger partial charge is 0.481 e. The SMILES string of the molecule is CC(CN(CC#N)C1CCCCC1)C(=O)O. The minimum Gasteiger partial charge on any atom is -0.481 e. The van der Waals surface area contributed by atoms with Crippen molar-refractivity contribution in [3.8, 4) is 6.07 Å². The van der Waals surface area contributed by atoms with E-state index in [-0.39, 0.29) is 0 Å². The third-order valence-corrected chi connectivity index (χ3v) is 3.29. The number of hydrogen-bond acceptors (Lipinski definition) is 3. The molecule has 1 atom stereocenters. The molecule has 0 spiro atoms. The summed E-state index contributed by atoms with van der Waals surface area (Å²) in [5.74, 6) is -1.17. The molecular weight excluding hydrogens is 204 g/mol. The van der Waals surface area contributed by atoms with Gasteiger partial charge in [0, 0.05) is 12.6 Å². The van der Waals surface area contributed by atoms with E-state index in [2.05, 4.69) is 6.07 Å². The number of carboxylic acid groups (broad SMARTS) is 1. The first-order valence-corrected chi connectivity index (χ1v) is 5.99. The van der Waals surface area contributed by atoms with Crippen LogP contribution in [0.4, 0.5) is 0 Å². The Bertz CT molecular complexity index is 267. The molecule has 1 saturated carbocycles. The second kappa shape index (κ2) is 6.49. The van der Waals surface area contributed by atoms with Gasteiger partial charge in [-0.1, -0.05) is 26.2 Å². The smallest absolute Gasteiger partial charge is 0.307 e. The van der Waals surface area contributed by atoms with Gasteiger partial charge in [0.05, 0.1) is 18.5 Å². The monoisotopic (exact) mass is 224 g/mol. The first-order valence-electron chi connectivity index (χ1n) is 5.99. The minimum atomic E-state index is -0.779. The zero-order valence-corrected chi connectivity index (χ0v) is 9.85. The zero-order chi connectivity index (χ0) is 12.0. The molecule has 1 fully saturated rings. The van der Waals surface area contributed by atoms with Gasteiger partial charge < -0.3 is 5.11 Å². The Morgan fingerprint density at radius 3 is 2.62 bits per heavy atom. The number of carboxylic acids is 1. The topological polar surface area (TPSA) is 64.3 Å². The lowest BCUT2D eigenvalue weighted by Crippen LogP contribution is -2.41. The van der Waals surface area contributed by atoms with Gasteiger partial charge in [0.1, 0.15) is 0 Å². The average molecular weight is 224 g/mol. The molecule has 4 heteroatoms. The molecule has 0 aromatic rings. The maximum atomic E-state index is 10.8. The standard InChI is InChI=1S/C12H20N2O2/c1-10(12(15)16)9-14(8-7-13)11-5-3-2-4-6-11/h10-11H,2-6,8-9H2,1H3,(H,15,16). The van der Waals surface area contributed by atoms with Crippen molar-refractivity contribution in [3.63, 3.8) is 0 Å². The van der Waals surface area contributed by atoms with Crippen LogP contribution < -0.4 is 0 Å². The summed E-state index contributed by atoms with van der Waals surface area (Å²) >= 11 is 0. The van der Waals surface area contributed by atoms with E-state index in [1.54, 1.807) is 6.92 Å². The van der Waals surface area contributed by atoms with E-state index >= 15 is 0 Å². The molecule has 0 heterocycles. The fourth-order valence-corrected chi connectivity index (χ4v) is 2.31. The van der Waals surface area contributed by atoms with E-state index < -0.39 is 11.9 Å². The molecule has 1 aliphatic rings. The summed E-state index contributed by atoms with van der Waals surface area (Å²) < 4.78 is 0. The lowest BCUT2D eigenvalue weighted by Gasteiger charge is -2.33. The van der Waals surface area contributed by atoms with Crippen molar-refractivity contribution >= 4 is 5.97 Å². The van der Waals surface area contributed by atoms with Gasteiger partial charge in [0.15, 0.2) is 0 Å². The highest BCUT2D eigenvalue weighted by Crippen LogP contribution is 2.23. The Balaban J connectivity index is 2.52. The van der Waals surface area contributed by atoms with E-state index in [1.165, 1.54) is 19.3 Å². The molecule has 1 N–H and O–H groups in total. The van der Waals surface area contributed by atoms with Crippen LogP contribution in [0.3, 0.4) is 0 Å². The van der Waals surface area contributed by atoms with E-state index in [0.717, 1.165) is 12.8 Å². The molecule has 1 aliphatic carbocycles. The molecule has 0 saturated heterocycles. The van der Waals surface area contributed by atoms with Crippen LogP contribution in [-0.2, 0) is 4.79 Å². The predicted octanol–water partition coefficient (Wildman–Crippen LogP) is 1.87. The second-order valence-corrected chi connectivity index (χ2v) is 4.62. The van der Waals surface area contributed by atoms with Crippen LogP contribution in [0.1, 0.15) is 39.0 Å². The average Bonchev–Trinajstić information content (AvgIpc) is 2.29. The number of nitriles is 1. The van der Waals surface area contributed by atoms with Crippen LogP contribution in [-0.4, -0.2) is 35.1 Å². The van der Waals surface area contributed by atoms with Crippen molar-refractivity contribution in [2.45, 2.75) is 45.1 Å². The Morgan fingerprint density at radius 1 is 1.50 bits per heavy atom. The van der Waals surface area contributed by atoms with Crippen LogP contribution in [0.2, 0.25) is 0 Å². The van der Waals surface area contributed by atoms with Crippen LogP contribution >= 0.6 is 0 Å². The first kappa shape index (κ1) is 13.0. The first-order chi connectivity index (χ1) is 7.65. The molecule has 0 aromatic carbocycles. The van der Waals surface area contributed by atoms with E-state index in [9.17, 15) is 4.79 Å². The molecule has 0 amide bonds. The number of aliphatic carboxylic acids is 1. The molecular formula is C12H20N2O2. The van der Waals surface area contributed by atoms with Crippen LogP contribution in [0.15, 0.2) is 0 Å². The molecule has 16 heavy (non-hydrogen) atoms. The number of carbonyl (C=O) groups is 1. The van der Waals surface area contributed by atoms with E-state index in [0.29, 0.717) is 19.1 Å². The Morgan fingerprint density at radius 2 is 2.12 bits per heavy atom. The van der Waals surface area contributed by atoms with Crippen molar-refractivity contribution in [1.29, 1.82) is 5.26 Å². The van der Waals surface area contributed by atoms with Crippen molar-refractivity contribution in [2.24, 2.45) is 5.92 Å². The highest BCUT2D eigenvalue weighted by molar-refractivity contribution is 5.69. The Hall–Kier alpha value is -1.08. The summed E-state index contributed by atoms with van der Waals surface area (Å²) in [7, 11) is 0. The molecule has 0 bridgehead atoms. The van der Waals surface area contributed by atoms with E-state index in [4.69, 9.17) is 10.4 Å². The second-order valence-electron chi connectivity index (χ2n) is 4.62. The number of nitrogens with zero attached hydrogens (tertiary/aromatic N) is 2. The van der Waals surface area contributed by atoms with Crippen LogP contribution in [0, 0.1) is 17.2 Å². The summed E-state index contributed by atoms with van der Waals surface area (Å²) in [5.41, 5.74) is 0. The van der Waals surface area contributed by atoms with Gasteiger partial charge in [0.25, 0.3) is 0 Å². The highest BCUT2D eigenvalue weighted by Gasteiger charge is 2.24. The zero-order valence-electron chi connectivity index (χ0n) is 9.85. The summed E-state index contributed by atoms with van der Waals surface area (Å²) in [4.78, 5) is 12.9. The fourth-order valence-electron chi connectivity index (χ4n) is 2.31. The molecule has 90 valence electrons. The summed E-state index contributed by atoms with van der Waals surface area (Å²) in [6.07, 6.45) is 5.88. The van der Waals surface area contributed by atoms with Gasteiger partial charge >= 0.3 is 5.97 Å². The molecule has 0 aliphatic heterocycles. The van der Waals surface area contributed by atoms with Crippen LogP contribution in [0.25, 0.3) is 0 Å². The lowest BCUT2D eigenvalue weighted by atomic mass is 9.93. The third kappa shape index (κ3) is 3.82. The fraction of sp³-hybridized carbons (Fsp3) is 0.833. The van der Waals surface area contributed by atoms with Crippen molar-refractivity contribution in [2.75, 3.05) is 13.1 Å². The summed E-state index contributed by atoms with van der Waals surface area (Å²) in [6, 6.07) is 2.55. The maximum Gasteiger partial charge on any atom is 0.307 e.